The Balaban J connectivity index is 2.22. The van der Waals surface area contributed by atoms with Gasteiger partial charge in [0.05, 0.1) is 7.11 Å². The van der Waals surface area contributed by atoms with Gasteiger partial charge in [0.1, 0.15) is 5.75 Å². The summed E-state index contributed by atoms with van der Waals surface area (Å²) in [6, 6.07) is 10.3. The van der Waals surface area contributed by atoms with Crippen molar-refractivity contribution in [3.05, 3.63) is 29.8 Å². The molecular formula is C15H25NO2Si. The van der Waals surface area contributed by atoms with Gasteiger partial charge in [-0.15, -0.1) is 0 Å². The Morgan fingerprint density at radius 2 is 1.84 bits per heavy atom. The lowest BCUT2D eigenvalue weighted by Crippen LogP contribution is -2.47. The van der Waals surface area contributed by atoms with Crippen molar-refractivity contribution in [2.24, 2.45) is 0 Å². The molecule has 1 fully saturated rings. The van der Waals surface area contributed by atoms with Crippen LogP contribution in [0.25, 0.3) is 0 Å². The number of likely N-dealkylation sites (N-methyl/N-ethyl adjacent to an activating group) is 1. The summed E-state index contributed by atoms with van der Waals surface area (Å²) in [6.45, 7) is 0.870. The Morgan fingerprint density at radius 1 is 1.21 bits per heavy atom. The van der Waals surface area contributed by atoms with E-state index in [1.807, 2.05) is 19.2 Å². The number of methoxy groups -OCH3 is 1. The Morgan fingerprint density at radius 3 is 2.37 bits per heavy atom. The molecule has 1 aromatic rings. The zero-order valence-corrected chi connectivity index (χ0v) is 13.0. The Labute approximate surface area is 117 Å². The van der Waals surface area contributed by atoms with E-state index in [0.717, 1.165) is 24.4 Å². The lowest BCUT2D eigenvalue weighted by Gasteiger charge is -2.37. The molecule has 0 spiro atoms. The van der Waals surface area contributed by atoms with E-state index in [-0.39, 0.29) is 0 Å². The van der Waals surface area contributed by atoms with Gasteiger partial charge in [0.2, 0.25) is 0 Å². The van der Waals surface area contributed by atoms with Crippen molar-refractivity contribution in [3.8, 4) is 5.75 Å². The zero-order valence-electron chi connectivity index (χ0n) is 12.0. The van der Waals surface area contributed by atoms with Crippen LogP contribution in [0.5, 0.6) is 5.75 Å². The van der Waals surface area contributed by atoms with Crippen molar-refractivity contribution in [1.29, 1.82) is 0 Å². The standard InChI is InChI=1S/C15H25NO2Si/c1-16-12-15(19(17)10-4-3-5-11-19)13-6-8-14(18-2)9-7-13/h6-9,15-17H,3-5,10-12H2,1-2H3. The largest absolute Gasteiger partial charge is 0.497 e. The second kappa shape index (κ2) is 6.55. The first kappa shape index (κ1) is 14.6. The first-order valence-corrected chi connectivity index (χ1v) is 9.64. The summed E-state index contributed by atoms with van der Waals surface area (Å²) < 4.78 is 5.21. The smallest absolute Gasteiger partial charge is 0.197 e. The van der Waals surface area contributed by atoms with Crippen LogP contribution < -0.4 is 10.1 Å². The van der Waals surface area contributed by atoms with E-state index in [1.165, 1.54) is 24.8 Å². The number of rotatable bonds is 5. The fourth-order valence-corrected chi connectivity index (χ4v) is 7.24. The average molecular weight is 279 g/mol. The van der Waals surface area contributed by atoms with Gasteiger partial charge in [0.25, 0.3) is 0 Å². The van der Waals surface area contributed by atoms with Gasteiger partial charge in [-0.25, -0.2) is 0 Å². The van der Waals surface area contributed by atoms with E-state index >= 15 is 0 Å². The first-order valence-electron chi connectivity index (χ1n) is 7.20. The fraction of sp³-hybridized carbons (Fsp3) is 0.600. The lowest BCUT2D eigenvalue weighted by molar-refractivity contribution is 0.414. The summed E-state index contributed by atoms with van der Waals surface area (Å²) >= 11 is 0. The minimum atomic E-state index is -2.16. The van der Waals surface area contributed by atoms with Crippen LogP contribution in [0.15, 0.2) is 24.3 Å². The van der Waals surface area contributed by atoms with Crippen molar-refractivity contribution < 1.29 is 9.53 Å². The van der Waals surface area contributed by atoms with Gasteiger partial charge in [0, 0.05) is 12.1 Å². The normalized spacial score (nSPS) is 19.9. The summed E-state index contributed by atoms with van der Waals surface area (Å²) in [5, 5.41) is 3.26. The van der Waals surface area contributed by atoms with Crippen LogP contribution in [-0.4, -0.2) is 33.8 Å². The molecule has 1 aliphatic heterocycles. The van der Waals surface area contributed by atoms with Crippen molar-refractivity contribution >= 4 is 8.32 Å². The van der Waals surface area contributed by atoms with Gasteiger partial charge in [-0.05, 0) is 36.8 Å². The summed E-state index contributed by atoms with van der Waals surface area (Å²) in [5.41, 5.74) is 1.55. The molecule has 19 heavy (non-hydrogen) atoms. The van der Waals surface area contributed by atoms with Crippen LogP contribution in [0, 0.1) is 0 Å². The highest BCUT2D eigenvalue weighted by Crippen LogP contribution is 2.37. The predicted octanol–water partition coefficient (Wildman–Crippen LogP) is 2.66. The van der Waals surface area contributed by atoms with Gasteiger partial charge >= 0.3 is 0 Å². The van der Waals surface area contributed by atoms with E-state index < -0.39 is 8.32 Å². The van der Waals surface area contributed by atoms with Crippen LogP contribution in [-0.2, 0) is 0 Å². The molecule has 0 aromatic heterocycles. The third-order valence-electron chi connectivity index (χ3n) is 4.29. The molecular weight excluding hydrogens is 254 g/mol. The molecule has 1 saturated heterocycles. The molecule has 2 N–H and O–H groups in total. The molecule has 0 radical (unpaired) electrons. The molecule has 0 saturated carbocycles. The van der Waals surface area contributed by atoms with E-state index in [0.29, 0.717) is 5.54 Å². The number of nitrogens with one attached hydrogen (secondary N) is 1. The summed E-state index contributed by atoms with van der Waals surface area (Å²) in [5.74, 6) is 0.879. The minimum Gasteiger partial charge on any atom is -0.497 e. The summed E-state index contributed by atoms with van der Waals surface area (Å²) in [7, 11) is 1.49. The summed E-state index contributed by atoms with van der Waals surface area (Å²) in [4.78, 5) is 11.1. The van der Waals surface area contributed by atoms with E-state index in [1.54, 1.807) is 7.11 Å². The van der Waals surface area contributed by atoms with E-state index in [9.17, 15) is 4.80 Å². The molecule has 2 rings (SSSR count). The highest BCUT2D eigenvalue weighted by atomic mass is 28.4. The molecule has 4 heteroatoms. The number of hydrogen-bond donors (Lipinski definition) is 2. The second-order valence-electron chi connectivity index (χ2n) is 5.55. The van der Waals surface area contributed by atoms with Gasteiger partial charge in [-0.2, -0.15) is 0 Å². The topological polar surface area (TPSA) is 41.5 Å². The molecule has 1 atom stereocenters. The van der Waals surface area contributed by atoms with Gasteiger partial charge < -0.3 is 14.8 Å². The molecule has 0 amide bonds. The third kappa shape index (κ3) is 3.38. The number of ether oxygens (including phenoxy) is 1. The summed E-state index contributed by atoms with van der Waals surface area (Å²) in [6.07, 6.45) is 3.67. The monoisotopic (exact) mass is 279 g/mol. The van der Waals surface area contributed by atoms with Crippen LogP contribution in [0.4, 0.5) is 0 Å². The third-order valence-corrected chi connectivity index (χ3v) is 8.57. The Kier molecular flexibility index (Phi) is 5.02. The molecule has 106 valence electrons. The molecule has 0 bridgehead atoms. The molecule has 1 unspecified atom stereocenters. The average Bonchev–Trinajstić information content (AvgIpc) is 2.45. The lowest BCUT2D eigenvalue weighted by atomic mass is 10.1. The zero-order chi connectivity index (χ0) is 13.7. The number of benzene rings is 1. The molecule has 3 nitrogen and oxygen atoms in total. The fourth-order valence-electron chi connectivity index (χ4n) is 3.17. The molecule has 1 heterocycles. The SMILES string of the molecule is CNCC(c1ccc(OC)cc1)[Si]1(O)CCCCC1. The van der Waals surface area contributed by atoms with Crippen LogP contribution >= 0.6 is 0 Å². The van der Waals surface area contributed by atoms with Gasteiger partial charge in [-0.1, -0.05) is 31.4 Å². The van der Waals surface area contributed by atoms with Crippen molar-refractivity contribution in [3.63, 3.8) is 0 Å². The Hall–Kier alpha value is -0.843. The van der Waals surface area contributed by atoms with E-state index in [4.69, 9.17) is 4.74 Å². The quantitative estimate of drug-likeness (QED) is 0.814. The first-order chi connectivity index (χ1) is 9.19. The van der Waals surface area contributed by atoms with Crippen molar-refractivity contribution in [2.45, 2.75) is 36.9 Å². The van der Waals surface area contributed by atoms with Gasteiger partial charge in [0.15, 0.2) is 8.32 Å². The van der Waals surface area contributed by atoms with Crippen LogP contribution in [0.1, 0.15) is 30.4 Å². The molecule has 0 aliphatic carbocycles. The van der Waals surface area contributed by atoms with E-state index in [2.05, 4.69) is 17.4 Å². The van der Waals surface area contributed by atoms with Crippen molar-refractivity contribution in [2.75, 3.05) is 20.7 Å². The minimum absolute atomic E-state index is 0.295. The van der Waals surface area contributed by atoms with Crippen LogP contribution in [0.2, 0.25) is 12.1 Å². The van der Waals surface area contributed by atoms with Gasteiger partial charge in [-0.3, -0.25) is 0 Å². The maximum atomic E-state index is 11.1. The highest BCUT2D eigenvalue weighted by molar-refractivity contribution is 6.74. The number of hydrogen-bond acceptors (Lipinski definition) is 3. The molecule has 1 aliphatic rings. The predicted molar refractivity (Wildman–Crippen MR) is 81.1 cm³/mol. The highest BCUT2D eigenvalue weighted by Gasteiger charge is 2.41. The maximum absolute atomic E-state index is 11.1. The second-order valence-corrected chi connectivity index (χ2v) is 9.45. The maximum Gasteiger partial charge on any atom is 0.197 e. The van der Waals surface area contributed by atoms with Crippen LogP contribution in [0.3, 0.4) is 0 Å². The Bertz CT molecular complexity index is 388. The van der Waals surface area contributed by atoms with Crippen molar-refractivity contribution in [1.82, 2.24) is 5.32 Å². The molecule has 1 aromatic carbocycles.